The van der Waals surface area contributed by atoms with Gasteiger partial charge in [-0.3, -0.25) is 15.2 Å². The molecule has 7 nitrogen and oxygen atoms in total. The van der Waals surface area contributed by atoms with Gasteiger partial charge in [-0.2, -0.15) is 13.2 Å². The van der Waals surface area contributed by atoms with Crippen LogP contribution < -0.4 is 10.1 Å². The number of anilines is 1. The molecule has 0 saturated carbocycles. The van der Waals surface area contributed by atoms with Crippen molar-refractivity contribution in [3.05, 3.63) is 88.7 Å². The molecule has 192 valence electrons. The second-order valence-corrected chi connectivity index (χ2v) is 8.42. The van der Waals surface area contributed by atoms with Crippen molar-refractivity contribution in [3.63, 3.8) is 0 Å². The number of amides is 1. The molecule has 0 spiro atoms. The zero-order valence-electron chi connectivity index (χ0n) is 19.4. The van der Waals surface area contributed by atoms with E-state index in [9.17, 15) is 18.0 Å². The van der Waals surface area contributed by atoms with Gasteiger partial charge in [0.15, 0.2) is 0 Å². The quantitative estimate of drug-likeness (QED) is 0.237. The van der Waals surface area contributed by atoms with Gasteiger partial charge in [-0.1, -0.05) is 23.7 Å². The molecule has 0 atom stereocenters. The molecule has 3 aromatic rings. The Hall–Kier alpha value is -3.89. The van der Waals surface area contributed by atoms with Crippen molar-refractivity contribution < 1.29 is 27.4 Å². The van der Waals surface area contributed by atoms with Crippen LogP contribution in [0.15, 0.2) is 66.9 Å². The van der Waals surface area contributed by atoms with E-state index >= 15 is 0 Å². The van der Waals surface area contributed by atoms with E-state index in [-0.39, 0.29) is 5.69 Å². The van der Waals surface area contributed by atoms with Crippen molar-refractivity contribution in [3.8, 4) is 11.5 Å². The molecule has 1 fully saturated rings. The van der Waals surface area contributed by atoms with Crippen molar-refractivity contribution in [2.24, 2.45) is 0 Å². The molecule has 1 amide bonds. The average Bonchev–Trinajstić information content (AvgIpc) is 2.88. The molecule has 2 N–H and O–H groups in total. The highest BCUT2D eigenvalue weighted by molar-refractivity contribution is 6.31. The van der Waals surface area contributed by atoms with Crippen molar-refractivity contribution in [1.82, 2.24) is 9.88 Å². The molecule has 37 heavy (non-hydrogen) atoms. The van der Waals surface area contributed by atoms with Gasteiger partial charge in [0.2, 0.25) is 5.91 Å². The van der Waals surface area contributed by atoms with Crippen molar-refractivity contribution in [2.45, 2.75) is 6.18 Å². The fourth-order valence-corrected chi connectivity index (χ4v) is 3.77. The predicted octanol–water partition coefficient (Wildman–Crippen LogP) is 5.86. The second kappa shape index (κ2) is 11.4. The van der Waals surface area contributed by atoms with Crippen LogP contribution in [0.3, 0.4) is 0 Å². The number of hydrogen-bond acceptors (Lipinski definition) is 5. The summed E-state index contributed by atoms with van der Waals surface area (Å²) in [6, 6.07) is 13.4. The first-order chi connectivity index (χ1) is 17.7. The predicted molar refractivity (Wildman–Crippen MR) is 134 cm³/mol. The first kappa shape index (κ1) is 26.2. The highest BCUT2D eigenvalue weighted by atomic mass is 35.5. The summed E-state index contributed by atoms with van der Waals surface area (Å²) in [5, 5.41) is 10.4. The second-order valence-electron chi connectivity index (χ2n) is 8.01. The lowest BCUT2D eigenvalue weighted by molar-refractivity contribution is -0.137. The number of ether oxygens (including phenoxy) is 2. The number of alkyl halides is 3. The smallest absolute Gasteiger partial charge is 0.417 e. The molecule has 0 radical (unpaired) electrons. The Morgan fingerprint density at radius 2 is 1.86 bits per heavy atom. The number of carbonyl (C=O) groups is 1. The number of pyridine rings is 1. The maximum atomic E-state index is 13.0. The molecule has 1 aliphatic heterocycles. The largest absolute Gasteiger partial charge is 0.457 e. The van der Waals surface area contributed by atoms with E-state index in [1.165, 1.54) is 18.2 Å². The van der Waals surface area contributed by atoms with E-state index in [2.05, 4.69) is 10.3 Å². The van der Waals surface area contributed by atoms with Crippen LogP contribution in [-0.2, 0) is 15.7 Å². The number of aromatic nitrogens is 1. The van der Waals surface area contributed by atoms with Crippen molar-refractivity contribution in [2.75, 3.05) is 31.6 Å². The Bertz CT molecular complexity index is 1320. The molecule has 2 aromatic carbocycles. The molecular formula is C26H22ClF3N4O3. The summed E-state index contributed by atoms with van der Waals surface area (Å²) in [4.78, 5) is 18.4. The van der Waals surface area contributed by atoms with E-state index in [0.717, 1.165) is 12.1 Å². The Labute approximate surface area is 216 Å². The molecule has 1 aromatic heterocycles. The molecule has 0 bridgehead atoms. The number of nitrogens with zero attached hydrogens (tertiary/aromatic N) is 2. The molecule has 0 unspecified atom stereocenters. The third kappa shape index (κ3) is 7.08. The number of nitrogens with one attached hydrogen (secondary N) is 2. The highest BCUT2D eigenvalue weighted by Gasteiger charge is 2.33. The topological polar surface area (TPSA) is 87.5 Å². The van der Waals surface area contributed by atoms with Crippen LogP contribution in [0, 0.1) is 5.41 Å². The number of benzene rings is 2. The number of amidine groups is 1. The maximum absolute atomic E-state index is 13.0. The normalized spacial score (nSPS) is 14.0. The van der Waals surface area contributed by atoms with Gasteiger partial charge >= 0.3 is 6.18 Å². The molecule has 0 aliphatic carbocycles. The summed E-state index contributed by atoms with van der Waals surface area (Å²) in [6.07, 6.45) is -0.356. The fraction of sp³-hybridized carbons (Fsp3) is 0.192. The lowest BCUT2D eigenvalue weighted by atomic mass is 10.2. The van der Waals surface area contributed by atoms with E-state index in [0.29, 0.717) is 54.9 Å². The van der Waals surface area contributed by atoms with Crippen molar-refractivity contribution >= 4 is 35.1 Å². The monoisotopic (exact) mass is 530 g/mol. The Morgan fingerprint density at radius 3 is 2.62 bits per heavy atom. The van der Waals surface area contributed by atoms with Gasteiger partial charge in [0, 0.05) is 37.1 Å². The SMILES string of the molecule is N=C(c1cc(Oc2cccc(/C=C/C(=O)Nc3ccc(Cl)c(C(F)(F)F)c3)c2)ccn1)N1CCOCC1. The van der Waals surface area contributed by atoms with Gasteiger partial charge in [-0.15, -0.1) is 0 Å². The molecule has 4 rings (SSSR count). The maximum Gasteiger partial charge on any atom is 0.417 e. The minimum atomic E-state index is -4.63. The summed E-state index contributed by atoms with van der Waals surface area (Å²) in [6.45, 7) is 2.36. The summed E-state index contributed by atoms with van der Waals surface area (Å²) in [5.41, 5.74) is 0.0535. The van der Waals surface area contributed by atoms with Crippen LogP contribution >= 0.6 is 11.6 Å². The summed E-state index contributed by atoms with van der Waals surface area (Å²) in [7, 11) is 0. The molecule has 1 saturated heterocycles. The lowest BCUT2D eigenvalue weighted by Crippen LogP contribution is -2.41. The number of hydrogen-bond donors (Lipinski definition) is 2. The summed E-state index contributed by atoms with van der Waals surface area (Å²) in [5.74, 6) is 0.664. The van der Waals surface area contributed by atoms with Gasteiger partial charge in [-0.25, -0.2) is 0 Å². The standard InChI is InChI=1S/C26H22ClF3N4O3/c27-22-6-5-18(15-21(22)26(28,29)30)33-24(35)7-4-17-2-1-3-19(14-17)37-20-8-9-32-23(16-20)25(31)34-10-12-36-13-11-34/h1-9,14-16,31H,10-13H2,(H,33,35)/b7-4+,31-25?. The van der Waals surface area contributed by atoms with Crippen LogP contribution in [0.1, 0.15) is 16.8 Å². The Balaban J connectivity index is 1.40. The number of morpholine rings is 1. The van der Waals surface area contributed by atoms with Crippen LogP contribution in [0.5, 0.6) is 11.5 Å². The minimum absolute atomic E-state index is 0.0282. The summed E-state index contributed by atoms with van der Waals surface area (Å²) >= 11 is 5.61. The third-order valence-electron chi connectivity index (χ3n) is 5.36. The van der Waals surface area contributed by atoms with E-state index in [4.69, 9.17) is 26.5 Å². The third-order valence-corrected chi connectivity index (χ3v) is 5.69. The van der Waals surface area contributed by atoms with Gasteiger partial charge in [-0.05, 0) is 48.0 Å². The number of halogens is 4. The number of rotatable bonds is 6. The highest BCUT2D eigenvalue weighted by Crippen LogP contribution is 2.36. The first-order valence-electron chi connectivity index (χ1n) is 11.2. The Kier molecular flexibility index (Phi) is 8.10. The van der Waals surface area contributed by atoms with Gasteiger partial charge in [0.25, 0.3) is 0 Å². The van der Waals surface area contributed by atoms with Gasteiger partial charge in [0.05, 0.1) is 23.8 Å². The van der Waals surface area contributed by atoms with Gasteiger partial charge < -0.3 is 19.7 Å². The zero-order chi connectivity index (χ0) is 26.4. The fourth-order valence-electron chi connectivity index (χ4n) is 3.55. The van der Waals surface area contributed by atoms with E-state index in [1.54, 1.807) is 42.6 Å². The summed E-state index contributed by atoms with van der Waals surface area (Å²) < 4.78 is 50.3. The molecule has 11 heteroatoms. The van der Waals surface area contributed by atoms with Crippen LogP contribution in [0.25, 0.3) is 6.08 Å². The molecular weight excluding hydrogens is 509 g/mol. The molecule has 1 aliphatic rings. The van der Waals surface area contributed by atoms with Crippen molar-refractivity contribution in [1.29, 1.82) is 5.41 Å². The Morgan fingerprint density at radius 1 is 1.11 bits per heavy atom. The average molecular weight is 531 g/mol. The van der Waals surface area contributed by atoms with Crippen LogP contribution in [-0.4, -0.2) is 47.9 Å². The van der Waals surface area contributed by atoms with E-state index < -0.39 is 22.7 Å². The molecule has 2 heterocycles. The zero-order valence-corrected chi connectivity index (χ0v) is 20.1. The first-order valence-corrected chi connectivity index (χ1v) is 11.6. The number of carbonyl (C=O) groups excluding carboxylic acids is 1. The lowest BCUT2D eigenvalue weighted by Gasteiger charge is -2.28. The minimum Gasteiger partial charge on any atom is -0.457 e. The van der Waals surface area contributed by atoms with Crippen LogP contribution in [0.4, 0.5) is 18.9 Å². The van der Waals surface area contributed by atoms with Gasteiger partial charge in [0.1, 0.15) is 23.0 Å². The van der Waals surface area contributed by atoms with Crippen LogP contribution in [0.2, 0.25) is 5.02 Å². The van der Waals surface area contributed by atoms with E-state index in [1.807, 2.05) is 4.90 Å².